The van der Waals surface area contributed by atoms with Gasteiger partial charge in [-0.2, -0.15) is 13.2 Å². The van der Waals surface area contributed by atoms with Gasteiger partial charge >= 0.3 is 6.18 Å². The van der Waals surface area contributed by atoms with Crippen LogP contribution < -0.4 is 4.74 Å². The molecule has 4 rings (SSSR count). The maximum Gasteiger partial charge on any atom is 0.422 e. The summed E-state index contributed by atoms with van der Waals surface area (Å²) < 4.78 is 69.5. The van der Waals surface area contributed by atoms with Gasteiger partial charge in [-0.05, 0) is 84.6 Å². The number of benzene rings is 2. The summed E-state index contributed by atoms with van der Waals surface area (Å²) in [5.41, 5.74) is 2.13. The highest BCUT2D eigenvalue weighted by molar-refractivity contribution is 5.65. The standard InChI is InChI=1S/C25H27F5O/c1-15-2-3-20-11-19(9-8-18(20)10-15)16-4-6-17(7-5-16)21-12-22(26)24(23(27)13-21)31-14-25(28,29)30/h4-7,12-13,15,18-20H,2-3,8-11,14H2,1H3. The number of hydrogen-bond donors (Lipinski definition) is 0. The molecule has 2 saturated carbocycles. The SMILES string of the molecule is CC1CCC2CC(c3ccc(-c4cc(F)c(OCC(F)(F)F)c(F)c4)cc3)CCC2C1. The lowest BCUT2D eigenvalue weighted by Gasteiger charge is -2.41. The Morgan fingerprint density at radius 1 is 0.839 bits per heavy atom. The van der Waals surface area contributed by atoms with Crippen LogP contribution in [-0.2, 0) is 0 Å². The highest BCUT2D eigenvalue weighted by Gasteiger charge is 2.35. The van der Waals surface area contributed by atoms with Crippen LogP contribution in [-0.4, -0.2) is 12.8 Å². The fourth-order valence-electron chi connectivity index (χ4n) is 5.39. The van der Waals surface area contributed by atoms with Gasteiger partial charge in [0.1, 0.15) is 0 Å². The zero-order valence-electron chi connectivity index (χ0n) is 17.5. The molecule has 0 bridgehead atoms. The highest BCUT2D eigenvalue weighted by Crippen LogP contribution is 2.47. The summed E-state index contributed by atoms with van der Waals surface area (Å²) in [6, 6.07) is 9.70. The molecule has 0 N–H and O–H groups in total. The first-order chi connectivity index (χ1) is 14.7. The molecule has 4 unspecified atom stereocenters. The van der Waals surface area contributed by atoms with Gasteiger partial charge < -0.3 is 4.74 Å². The average Bonchev–Trinajstić information content (AvgIpc) is 2.72. The van der Waals surface area contributed by atoms with E-state index in [4.69, 9.17) is 0 Å². The van der Waals surface area contributed by atoms with E-state index >= 15 is 0 Å². The second kappa shape index (κ2) is 8.79. The Morgan fingerprint density at radius 2 is 1.45 bits per heavy atom. The lowest BCUT2D eigenvalue weighted by Crippen LogP contribution is -2.29. The molecule has 2 aliphatic rings. The number of ether oxygens (including phenoxy) is 1. The van der Waals surface area contributed by atoms with Crippen LogP contribution in [0, 0.1) is 29.4 Å². The molecule has 168 valence electrons. The first-order valence-electron chi connectivity index (χ1n) is 11.0. The topological polar surface area (TPSA) is 9.23 Å². The van der Waals surface area contributed by atoms with Gasteiger partial charge in [-0.25, -0.2) is 8.78 Å². The molecule has 1 nitrogen and oxygen atoms in total. The van der Waals surface area contributed by atoms with Crippen molar-refractivity contribution in [3.05, 3.63) is 53.6 Å². The van der Waals surface area contributed by atoms with Crippen molar-refractivity contribution in [3.8, 4) is 16.9 Å². The molecule has 2 aliphatic carbocycles. The Morgan fingerprint density at radius 3 is 2.10 bits per heavy atom. The zero-order chi connectivity index (χ0) is 22.2. The third kappa shape index (κ3) is 5.21. The molecule has 2 aromatic carbocycles. The second-order valence-corrected chi connectivity index (χ2v) is 9.24. The van der Waals surface area contributed by atoms with Crippen LogP contribution in [0.3, 0.4) is 0 Å². The van der Waals surface area contributed by atoms with E-state index < -0.39 is 30.2 Å². The van der Waals surface area contributed by atoms with Crippen molar-refractivity contribution < 1.29 is 26.7 Å². The highest BCUT2D eigenvalue weighted by atomic mass is 19.4. The van der Waals surface area contributed by atoms with E-state index in [0.717, 1.165) is 29.9 Å². The molecule has 2 fully saturated rings. The van der Waals surface area contributed by atoms with Gasteiger partial charge in [-0.3, -0.25) is 0 Å². The first kappa shape index (κ1) is 22.1. The molecule has 31 heavy (non-hydrogen) atoms. The van der Waals surface area contributed by atoms with Crippen LogP contribution in [0.4, 0.5) is 22.0 Å². The van der Waals surface area contributed by atoms with Gasteiger partial charge in [0.05, 0.1) is 0 Å². The number of rotatable bonds is 4. The normalized spacial score (nSPS) is 26.4. The number of fused-ring (bicyclic) bond motifs is 1. The van der Waals surface area contributed by atoms with Gasteiger partial charge in [-0.15, -0.1) is 0 Å². The smallest absolute Gasteiger partial charge is 0.422 e. The van der Waals surface area contributed by atoms with Crippen molar-refractivity contribution in [1.82, 2.24) is 0 Å². The van der Waals surface area contributed by atoms with Crippen molar-refractivity contribution in [3.63, 3.8) is 0 Å². The Bertz CT molecular complexity index is 882. The molecule has 0 radical (unpaired) electrons. The van der Waals surface area contributed by atoms with E-state index in [9.17, 15) is 22.0 Å². The van der Waals surface area contributed by atoms with Gasteiger partial charge in [0, 0.05) is 0 Å². The second-order valence-electron chi connectivity index (χ2n) is 9.24. The maximum atomic E-state index is 14.2. The molecule has 0 heterocycles. The molecule has 0 aliphatic heterocycles. The number of alkyl halides is 3. The number of halogens is 5. The maximum absolute atomic E-state index is 14.2. The van der Waals surface area contributed by atoms with Crippen LogP contribution in [0.5, 0.6) is 5.75 Å². The largest absolute Gasteiger partial charge is 0.478 e. The summed E-state index contributed by atoms with van der Waals surface area (Å²) in [6.07, 6.45) is 2.93. The van der Waals surface area contributed by atoms with E-state index in [2.05, 4.69) is 11.7 Å². The van der Waals surface area contributed by atoms with E-state index in [1.54, 1.807) is 0 Å². The fourth-order valence-corrected chi connectivity index (χ4v) is 5.39. The summed E-state index contributed by atoms with van der Waals surface area (Å²) in [7, 11) is 0. The Hall–Kier alpha value is -2.11. The average molecular weight is 438 g/mol. The first-order valence-corrected chi connectivity index (χ1v) is 11.0. The van der Waals surface area contributed by atoms with Crippen LogP contribution in [0.25, 0.3) is 11.1 Å². The minimum atomic E-state index is -4.66. The fraction of sp³-hybridized carbons (Fsp3) is 0.520. The summed E-state index contributed by atoms with van der Waals surface area (Å²) in [5, 5.41) is 0. The van der Waals surface area contributed by atoms with Crippen LogP contribution in [0.15, 0.2) is 36.4 Å². The zero-order valence-corrected chi connectivity index (χ0v) is 17.5. The molecule has 0 aromatic heterocycles. The predicted octanol–water partition coefficient (Wildman–Crippen LogP) is 7.89. The van der Waals surface area contributed by atoms with Gasteiger partial charge in [-0.1, -0.05) is 37.6 Å². The van der Waals surface area contributed by atoms with Crippen LogP contribution in [0.2, 0.25) is 0 Å². The summed E-state index contributed by atoms with van der Waals surface area (Å²) >= 11 is 0. The van der Waals surface area contributed by atoms with Crippen molar-refractivity contribution in [2.45, 2.75) is 57.5 Å². The van der Waals surface area contributed by atoms with Gasteiger partial charge in [0.2, 0.25) is 0 Å². The molecule has 0 spiro atoms. The third-order valence-corrected chi connectivity index (χ3v) is 6.97. The molecular weight excluding hydrogens is 411 g/mol. The quantitative estimate of drug-likeness (QED) is 0.441. The van der Waals surface area contributed by atoms with E-state index in [1.165, 1.54) is 44.1 Å². The molecule has 2 aromatic rings. The lowest BCUT2D eigenvalue weighted by molar-refractivity contribution is -0.154. The molecule has 4 atom stereocenters. The molecule has 0 amide bonds. The monoisotopic (exact) mass is 438 g/mol. The van der Waals surface area contributed by atoms with Crippen LogP contribution >= 0.6 is 0 Å². The Labute approximate surface area is 179 Å². The third-order valence-electron chi connectivity index (χ3n) is 6.97. The lowest BCUT2D eigenvalue weighted by atomic mass is 9.64. The minimum absolute atomic E-state index is 0.269. The molecule has 6 heteroatoms. The van der Waals surface area contributed by atoms with Crippen LogP contribution in [0.1, 0.15) is 56.9 Å². The van der Waals surface area contributed by atoms with Crippen molar-refractivity contribution >= 4 is 0 Å². The van der Waals surface area contributed by atoms with Crippen molar-refractivity contribution in [1.29, 1.82) is 0 Å². The Balaban J connectivity index is 1.46. The van der Waals surface area contributed by atoms with Crippen molar-refractivity contribution in [2.24, 2.45) is 17.8 Å². The molecular formula is C25H27F5O. The minimum Gasteiger partial charge on any atom is -0.478 e. The molecule has 0 saturated heterocycles. The van der Waals surface area contributed by atoms with Crippen molar-refractivity contribution in [2.75, 3.05) is 6.61 Å². The van der Waals surface area contributed by atoms with E-state index in [-0.39, 0.29) is 5.56 Å². The summed E-state index contributed by atoms with van der Waals surface area (Å²) in [6.45, 7) is 0.610. The predicted molar refractivity (Wildman–Crippen MR) is 110 cm³/mol. The summed E-state index contributed by atoms with van der Waals surface area (Å²) in [5.74, 6) is -0.304. The van der Waals surface area contributed by atoms with Gasteiger partial charge in [0.15, 0.2) is 24.0 Å². The number of hydrogen-bond acceptors (Lipinski definition) is 1. The summed E-state index contributed by atoms with van der Waals surface area (Å²) in [4.78, 5) is 0. The van der Waals surface area contributed by atoms with Gasteiger partial charge in [0.25, 0.3) is 0 Å². The van der Waals surface area contributed by atoms with E-state index in [0.29, 0.717) is 11.5 Å². The Kier molecular flexibility index (Phi) is 6.27. The van der Waals surface area contributed by atoms with E-state index in [1.807, 2.05) is 24.3 Å².